The van der Waals surface area contributed by atoms with Gasteiger partial charge in [0, 0.05) is 24.2 Å². The number of amides is 1. The summed E-state index contributed by atoms with van der Waals surface area (Å²) in [6, 6.07) is 3.55. The van der Waals surface area contributed by atoms with E-state index in [1.54, 1.807) is 4.90 Å². The van der Waals surface area contributed by atoms with Crippen LogP contribution in [0.25, 0.3) is 0 Å². The predicted octanol–water partition coefficient (Wildman–Crippen LogP) is 1.84. The summed E-state index contributed by atoms with van der Waals surface area (Å²) in [6.07, 6.45) is 1.85. The Morgan fingerprint density at radius 3 is 2.56 bits per heavy atom. The standard InChI is InChI=1S/C12H14F2N2O.ClH/c13-9-2-1-8(11(14)5-9)7-16(10-3-4-10)12(17)6-15;/h1-2,5,10H,3-4,6-7,15H2;1H. The first-order valence-electron chi connectivity index (χ1n) is 5.55. The van der Waals surface area contributed by atoms with Crippen LogP contribution in [0.3, 0.4) is 0 Å². The first-order chi connectivity index (χ1) is 8.11. The fourth-order valence-electron chi connectivity index (χ4n) is 1.76. The Morgan fingerprint density at radius 2 is 2.06 bits per heavy atom. The van der Waals surface area contributed by atoms with Crippen LogP contribution in [0.2, 0.25) is 0 Å². The molecule has 2 rings (SSSR count). The zero-order valence-electron chi connectivity index (χ0n) is 9.73. The molecule has 0 spiro atoms. The van der Waals surface area contributed by atoms with Crippen molar-refractivity contribution in [3.05, 3.63) is 35.4 Å². The van der Waals surface area contributed by atoms with Crippen LogP contribution >= 0.6 is 12.4 Å². The molecule has 1 aliphatic carbocycles. The molecular weight excluding hydrogens is 262 g/mol. The van der Waals surface area contributed by atoms with E-state index >= 15 is 0 Å². The summed E-state index contributed by atoms with van der Waals surface area (Å²) < 4.78 is 26.2. The third kappa shape index (κ3) is 3.40. The fourth-order valence-corrected chi connectivity index (χ4v) is 1.76. The van der Waals surface area contributed by atoms with Crippen molar-refractivity contribution in [3.63, 3.8) is 0 Å². The summed E-state index contributed by atoms with van der Waals surface area (Å²) >= 11 is 0. The maximum absolute atomic E-state index is 13.5. The minimum atomic E-state index is -0.625. The van der Waals surface area contributed by atoms with Crippen molar-refractivity contribution in [1.82, 2.24) is 4.90 Å². The van der Waals surface area contributed by atoms with E-state index in [1.807, 2.05) is 0 Å². The number of halogens is 3. The zero-order chi connectivity index (χ0) is 12.4. The molecule has 1 fully saturated rings. The molecule has 0 aliphatic heterocycles. The van der Waals surface area contributed by atoms with Crippen molar-refractivity contribution in [2.75, 3.05) is 6.54 Å². The molecular formula is C12H15ClF2N2O. The molecule has 0 aromatic heterocycles. The average Bonchev–Trinajstić information content (AvgIpc) is 3.11. The van der Waals surface area contributed by atoms with E-state index in [1.165, 1.54) is 12.1 Å². The maximum Gasteiger partial charge on any atom is 0.236 e. The number of nitrogens with two attached hydrogens (primary N) is 1. The molecule has 100 valence electrons. The number of benzene rings is 1. The van der Waals surface area contributed by atoms with Gasteiger partial charge in [0.2, 0.25) is 5.91 Å². The highest BCUT2D eigenvalue weighted by atomic mass is 35.5. The van der Waals surface area contributed by atoms with Gasteiger partial charge in [-0.2, -0.15) is 0 Å². The van der Waals surface area contributed by atoms with Crippen LogP contribution in [0, 0.1) is 11.6 Å². The van der Waals surface area contributed by atoms with Crippen LogP contribution in [-0.4, -0.2) is 23.4 Å². The Kier molecular flexibility index (Phi) is 5.04. The summed E-state index contributed by atoms with van der Waals surface area (Å²) in [4.78, 5) is 13.1. The molecule has 0 saturated heterocycles. The van der Waals surface area contributed by atoms with E-state index < -0.39 is 11.6 Å². The third-order valence-corrected chi connectivity index (χ3v) is 2.84. The van der Waals surface area contributed by atoms with Crippen molar-refractivity contribution in [1.29, 1.82) is 0 Å². The summed E-state index contributed by atoms with van der Waals surface area (Å²) in [5, 5.41) is 0. The van der Waals surface area contributed by atoms with Crippen LogP contribution in [-0.2, 0) is 11.3 Å². The number of hydrogen-bond acceptors (Lipinski definition) is 2. The van der Waals surface area contributed by atoms with Gasteiger partial charge >= 0.3 is 0 Å². The molecule has 1 aromatic carbocycles. The van der Waals surface area contributed by atoms with E-state index in [9.17, 15) is 13.6 Å². The highest BCUT2D eigenvalue weighted by Gasteiger charge is 2.32. The van der Waals surface area contributed by atoms with E-state index in [0.29, 0.717) is 5.56 Å². The lowest BCUT2D eigenvalue weighted by Crippen LogP contribution is -2.37. The third-order valence-electron chi connectivity index (χ3n) is 2.84. The van der Waals surface area contributed by atoms with E-state index in [2.05, 4.69) is 0 Å². The Labute approximate surface area is 110 Å². The van der Waals surface area contributed by atoms with Crippen LogP contribution in [0.5, 0.6) is 0 Å². The highest BCUT2D eigenvalue weighted by Crippen LogP contribution is 2.28. The number of carbonyl (C=O) groups excluding carboxylic acids is 1. The molecule has 18 heavy (non-hydrogen) atoms. The number of hydrogen-bond donors (Lipinski definition) is 1. The Bertz CT molecular complexity index is 438. The summed E-state index contributed by atoms with van der Waals surface area (Å²) in [6.45, 7) is 0.0755. The normalized spacial score (nSPS) is 13.9. The summed E-state index contributed by atoms with van der Waals surface area (Å²) in [7, 11) is 0. The minimum absolute atomic E-state index is 0. The lowest BCUT2D eigenvalue weighted by atomic mass is 10.2. The second kappa shape index (κ2) is 6.11. The Balaban J connectivity index is 0.00000162. The SMILES string of the molecule is Cl.NCC(=O)N(Cc1ccc(F)cc1F)C1CC1. The quantitative estimate of drug-likeness (QED) is 0.912. The van der Waals surface area contributed by atoms with Crippen LogP contribution in [0.4, 0.5) is 8.78 Å². The smallest absolute Gasteiger partial charge is 0.236 e. The summed E-state index contributed by atoms with van der Waals surface area (Å²) in [5.74, 6) is -1.44. The molecule has 1 saturated carbocycles. The zero-order valence-corrected chi connectivity index (χ0v) is 10.6. The molecule has 1 aliphatic rings. The maximum atomic E-state index is 13.5. The topological polar surface area (TPSA) is 46.3 Å². The van der Waals surface area contributed by atoms with Crippen molar-refractivity contribution < 1.29 is 13.6 Å². The fraction of sp³-hybridized carbons (Fsp3) is 0.417. The van der Waals surface area contributed by atoms with Crippen molar-refractivity contribution in [3.8, 4) is 0 Å². The lowest BCUT2D eigenvalue weighted by molar-refractivity contribution is -0.130. The molecule has 0 atom stereocenters. The first-order valence-corrected chi connectivity index (χ1v) is 5.55. The van der Waals surface area contributed by atoms with Gasteiger partial charge < -0.3 is 10.6 Å². The largest absolute Gasteiger partial charge is 0.334 e. The van der Waals surface area contributed by atoms with E-state index in [0.717, 1.165) is 18.9 Å². The van der Waals surface area contributed by atoms with Crippen LogP contribution in [0.1, 0.15) is 18.4 Å². The van der Waals surface area contributed by atoms with Gasteiger partial charge in [-0.15, -0.1) is 12.4 Å². The van der Waals surface area contributed by atoms with Crippen LogP contribution in [0.15, 0.2) is 18.2 Å². The molecule has 0 bridgehead atoms. The molecule has 0 radical (unpaired) electrons. The van der Waals surface area contributed by atoms with Gasteiger partial charge in [-0.25, -0.2) is 8.78 Å². The van der Waals surface area contributed by atoms with Crippen molar-refractivity contribution in [2.45, 2.75) is 25.4 Å². The predicted molar refractivity (Wildman–Crippen MR) is 66.2 cm³/mol. The van der Waals surface area contributed by atoms with Crippen LogP contribution < -0.4 is 5.73 Å². The van der Waals surface area contributed by atoms with Gasteiger partial charge in [0.25, 0.3) is 0 Å². The second-order valence-electron chi connectivity index (χ2n) is 4.19. The van der Waals surface area contributed by atoms with Crippen molar-refractivity contribution >= 4 is 18.3 Å². The van der Waals surface area contributed by atoms with Gasteiger partial charge in [-0.1, -0.05) is 6.07 Å². The van der Waals surface area contributed by atoms with Crippen molar-refractivity contribution in [2.24, 2.45) is 5.73 Å². The van der Waals surface area contributed by atoms with Gasteiger partial charge in [-0.05, 0) is 18.9 Å². The number of nitrogens with zero attached hydrogens (tertiary/aromatic N) is 1. The molecule has 0 unspecified atom stereocenters. The van der Waals surface area contributed by atoms with E-state index in [-0.39, 0.29) is 37.4 Å². The highest BCUT2D eigenvalue weighted by molar-refractivity contribution is 5.85. The van der Waals surface area contributed by atoms with E-state index in [4.69, 9.17) is 5.73 Å². The molecule has 6 heteroatoms. The summed E-state index contributed by atoms with van der Waals surface area (Å²) in [5.41, 5.74) is 5.63. The molecule has 1 amide bonds. The molecule has 0 heterocycles. The Morgan fingerprint density at radius 1 is 1.39 bits per heavy atom. The van der Waals surface area contributed by atoms with Gasteiger partial charge in [0.05, 0.1) is 6.54 Å². The van der Waals surface area contributed by atoms with Gasteiger partial charge in [0.15, 0.2) is 0 Å². The number of rotatable bonds is 4. The average molecular weight is 277 g/mol. The van der Waals surface area contributed by atoms with Gasteiger partial charge in [-0.3, -0.25) is 4.79 Å². The minimum Gasteiger partial charge on any atom is -0.334 e. The molecule has 2 N–H and O–H groups in total. The number of carbonyl (C=O) groups is 1. The van der Waals surface area contributed by atoms with Gasteiger partial charge in [0.1, 0.15) is 11.6 Å². The Hall–Kier alpha value is -1.20. The first kappa shape index (κ1) is 14.9. The molecule has 1 aromatic rings. The second-order valence-corrected chi connectivity index (χ2v) is 4.19. The molecule has 3 nitrogen and oxygen atoms in total. The monoisotopic (exact) mass is 276 g/mol. The lowest BCUT2D eigenvalue weighted by Gasteiger charge is -2.22.